The van der Waals surface area contributed by atoms with Crippen molar-refractivity contribution in [2.24, 2.45) is 0 Å². The molecule has 0 N–H and O–H groups in total. The highest BCUT2D eigenvalue weighted by atomic mass is 79.9. The van der Waals surface area contributed by atoms with Gasteiger partial charge in [-0.2, -0.15) is 12.6 Å². The van der Waals surface area contributed by atoms with E-state index in [4.69, 9.17) is 0 Å². The maximum Gasteiger partial charge on any atom is 0.0500 e. The Morgan fingerprint density at radius 2 is 2.33 bits per heavy atom. The summed E-state index contributed by atoms with van der Waals surface area (Å²) in [4.78, 5) is 4.07. The lowest BCUT2D eigenvalue weighted by molar-refractivity contribution is 1.17. The Morgan fingerprint density at radius 3 is 2.78 bits per heavy atom. The minimum Gasteiger partial charge on any atom is -0.259 e. The molecule has 3 heteroatoms. The van der Waals surface area contributed by atoms with Gasteiger partial charge < -0.3 is 0 Å². The lowest BCUT2D eigenvalue weighted by Gasteiger charge is -1.92. The summed E-state index contributed by atoms with van der Waals surface area (Å²) in [6, 6.07) is 3.90. The van der Waals surface area contributed by atoms with E-state index in [9.17, 15) is 0 Å². The van der Waals surface area contributed by atoms with Crippen molar-refractivity contribution in [2.75, 3.05) is 0 Å². The molecule has 0 amide bonds. The van der Waals surface area contributed by atoms with Crippen molar-refractivity contribution in [3.05, 3.63) is 28.5 Å². The molecule has 0 fully saturated rings. The van der Waals surface area contributed by atoms with Crippen LogP contribution in [-0.4, -0.2) is 4.98 Å². The number of rotatable bonds is 1. The molecule has 0 unspecified atom stereocenters. The van der Waals surface area contributed by atoms with Gasteiger partial charge in [-0.15, -0.1) is 0 Å². The van der Waals surface area contributed by atoms with Gasteiger partial charge in [0.05, 0.1) is 5.69 Å². The third-order valence-corrected chi connectivity index (χ3v) is 1.74. The van der Waals surface area contributed by atoms with E-state index >= 15 is 0 Å². The summed E-state index contributed by atoms with van der Waals surface area (Å²) < 4.78 is 1.01. The molecule has 0 atom stereocenters. The van der Waals surface area contributed by atoms with Crippen LogP contribution in [0, 0.1) is 0 Å². The molecule has 1 aromatic rings. The van der Waals surface area contributed by atoms with Crippen LogP contribution in [0.15, 0.2) is 22.8 Å². The van der Waals surface area contributed by atoms with E-state index < -0.39 is 0 Å². The van der Waals surface area contributed by atoms with Crippen LogP contribution in [0.2, 0.25) is 0 Å². The molecular weight excluding hydrogens is 198 g/mol. The lowest BCUT2D eigenvalue weighted by atomic mass is 10.4. The second-order valence-corrected chi connectivity index (χ2v) is 2.86. The molecular formula is C6H6BrNS. The highest BCUT2D eigenvalue weighted by molar-refractivity contribution is 9.10. The topological polar surface area (TPSA) is 12.9 Å². The van der Waals surface area contributed by atoms with Gasteiger partial charge in [0.15, 0.2) is 0 Å². The van der Waals surface area contributed by atoms with Crippen molar-refractivity contribution in [1.29, 1.82) is 0 Å². The van der Waals surface area contributed by atoms with Gasteiger partial charge in [-0.3, -0.25) is 4.98 Å². The van der Waals surface area contributed by atoms with Crippen LogP contribution in [0.1, 0.15) is 5.69 Å². The number of hydrogen-bond acceptors (Lipinski definition) is 2. The first-order valence-electron chi connectivity index (χ1n) is 2.54. The average Bonchev–Trinajstić information content (AvgIpc) is 1.90. The molecule has 0 aliphatic rings. The maximum absolute atomic E-state index is 4.07. The fraction of sp³-hybridized carbons (Fsp3) is 0.167. The fourth-order valence-electron chi connectivity index (χ4n) is 0.500. The molecule has 0 bridgehead atoms. The summed E-state index contributed by atoms with van der Waals surface area (Å²) in [7, 11) is 0. The average molecular weight is 204 g/mol. The van der Waals surface area contributed by atoms with Crippen molar-refractivity contribution in [3.63, 3.8) is 0 Å². The number of hydrogen-bond donors (Lipinski definition) is 1. The lowest BCUT2D eigenvalue weighted by Crippen LogP contribution is -1.81. The normalized spacial score (nSPS) is 9.56. The van der Waals surface area contributed by atoms with Gasteiger partial charge in [0.25, 0.3) is 0 Å². The van der Waals surface area contributed by atoms with Crippen LogP contribution < -0.4 is 0 Å². The zero-order chi connectivity index (χ0) is 6.69. The molecule has 1 rings (SSSR count). The molecule has 9 heavy (non-hydrogen) atoms. The van der Waals surface area contributed by atoms with E-state index in [-0.39, 0.29) is 0 Å². The summed E-state index contributed by atoms with van der Waals surface area (Å²) in [5.41, 5.74) is 1.00. The first-order valence-corrected chi connectivity index (χ1v) is 3.97. The van der Waals surface area contributed by atoms with Gasteiger partial charge in [0.1, 0.15) is 0 Å². The first-order chi connectivity index (χ1) is 4.33. The summed E-state index contributed by atoms with van der Waals surface area (Å²) in [5, 5.41) is 0. The monoisotopic (exact) mass is 203 g/mol. The Morgan fingerprint density at radius 1 is 1.56 bits per heavy atom. The maximum atomic E-state index is 4.07. The first kappa shape index (κ1) is 7.09. The minimum atomic E-state index is 0.702. The minimum absolute atomic E-state index is 0.702. The van der Waals surface area contributed by atoms with Crippen molar-refractivity contribution in [3.8, 4) is 0 Å². The van der Waals surface area contributed by atoms with Gasteiger partial charge in [0.2, 0.25) is 0 Å². The predicted octanol–water partition coefficient (Wildman–Crippen LogP) is 2.27. The molecule has 0 aromatic carbocycles. The van der Waals surface area contributed by atoms with Crippen molar-refractivity contribution >= 4 is 28.6 Å². The fourth-order valence-corrected chi connectivity index (χ4v) is 0.922. The summed E-state index contributed by atoms with van der Waals surface area (Å²) in [6.07, 6.45) is 1.77. The Hall–Kier alpha value is -0.0200. The van der Waals surface area contributed by atoms with Gasteiger partial charge in [-0.1, -0.05) is 0 Å². The molecule has 0 radical (unpaired) electrons. The molecule has 1 nitrogen and oxygen atoms in total. The van der Waals surface area contributed by atoms with E-state index in [1.165, 1.54) is 0 Å². The number of pyridine rings is 1. The van der Waals surface area contributed by atoms with Gasteiger partial charge >= 0.3 is 0 Å². The van der Waals surface area contributed by atoms with E-state index in [0.29, 0.717) is 5.75 Å². The van der Waals surface area contributed by atoms with Crippen LogP contribution in [-0.2, 0) is 5.75 Å². The Bertz CT molecular complexity index is 185. The molecule has 0 saturated heterocycles. The van der Waals surface area contributed by atoms with Crippen molar-refractivity contribution in [2.45, 2.75) is 5.75 Å². The number of thiol groups is 1. The Labute approximate surface area is 68.0 Å². The summed E-state index contributed by atoms with van der Waals surface area (Å²) >= 11 is 7.35. The highest BCUT2D eigenvalue weighted by Crippen LogP contribution is 2.07. The van der Waals surface area contributed by atoms with E-state index in [2.05, 4.69) is 33.5 Å². The predicted molar refractivity (Wildman–Crippen MR) is 44.6 cm³/mol. The third-order valence-electron chi connectivity index (χ3n) is 0.951. The molecule has 0 aliphatic heterocycles. The molecule has 0 saturated carbocycles. The number of halogens is 1. The quantitative estimate of drug-likeness (QED) is 0.692. The molecule has 0 spiro atoms. The smallest absolute Gasteiger partial charge is 0.0500 e. The summed E-state index contributed by atoms with van der Waals surface area (Å²) in [6.45, 7) is 0. The van der Waals surface area contributed by atoms with Crippen LogP contribution >= 0.6 is 28.6 Å². The van der Waals surface area contributed by atoms with Crippen LogP contribution in [0.5, 0.6) is 0 Å². The van der Waals surface area contributed by atoms with Crippen molar-refractivity contribution < 1.29 is 0 Å². The Kier molecular flexibility index (Phi) is 2.54. The number of aromatic nitrogens is 1. The van der Waals surface area contributed by atoms with Crippen LogP contribution in [0.4, 0.5) is 0 Å². The standard InChI is InChI=1S/C6H6BrNS/c7-5-1-2-6(4-9)8-3-5/h1-3,9H,4H2. The van der Waals surface area contributed by atoms with Gasteiger partial charge in [-0.25, -0.2) is 0 Å². The second kappa shape index (κ2) is 3.22. The van der Waals surface area contributed by atoms with E-state index in [1.807, 2.05) is 12.1 Å². The van der Waals surface area contributed by atoms with E-state index in [1.54, 1.807) is 6.20 Å². The zero-order valence-corrected chi connectivity index (χ0v) is 7.19. The molecule has 1 heterocycles. The summed E-state index contributed by atoms with van der Waals surface area (Å²) in [5.74, 6) is 0.702. The van der Waals surface area contributed by atoms with Gasteiger partial charge in [0, 0.05) is 16.4 Å². The van der Waals surface area contributed by atoms with Crippen molar-refractivity contribution in [1.82, 2.24) is 4.98 Å². The molecule has 48 valence electrons. The molecule has 1 aromatic heterocycles. The van der Waals surface area contributed by atoms with Crippen LogP contribution in [0.25, 0.3) is 0 Å². The van der Waals surface area contributed by atoms with E-state index in [0.717, 1.165) is 10.2 Å². The van der Waals surface area contributed by atoms with Gasteiger partial charge in [-0.05, 0) is 28.1 Å². The Balaban J connectivity index is 2.88. The van der Waals surface area contributed by atoms with Crippen LogP contribution in [0.3, 0.4) is 0 Å². The zero-order valence-electron chi connectivity index (χ0n) is 4.71. The SMILES string of the molecule is SCc1ccc(Br)cn1. The number of nitrogens with zero attached hydrogens (tertiary/aromatic N) is 1. The largest absolute Gasteiger partial charge is 0.259 e. The second-order valence-electron chi connectivity index (χ2n) is 1.63. The highest BCUT2D eigenvalue weighted by Gasteiger charge is 1.88. The molecule has 0 aliphatic carbocycles. The third kappa shape index (κ3) is 1.99.